The number of carbonyl (C=O) groups excluding carboxylic acids is 1. The van der Waals surface area contributed by atoms with Gasteiger partial charge in [0.15, 0.2) is 9.84 Å². The van der Waals surface area contributed by atoms with Gasteiger partial charge >= 0.3 is 6.03 Å². The van der Waals surface area contributed by atoms with E-state index in [1.165, 1.54) is 11.0 Å². The summed E-state index contributed by atoms with van der Waals surface area (Å²) in [4.78, 5) is 13.4. The van der Waals surface area contributed by atoms with E-state index in [2.05, 4.69) is 11.9 Å². The van der Waals surface area contributed by atoms with E-state index in [4.69, 9.17) is 0 Å². The van der Waals surface area contributed by atoms with Gasteiger partial charge in [-0.2, -0.15) is 0 Å². The molecule has 0 aliphatic rings. The second-order valence-corrected chi connectivity index (χ2v) is 6.36. The predicted octanol–water partition coefficient (Wildman–Crippen LogP) is 2.05. The number of nitrogens with zero attached hydrogens (tertiary/aromatic N) is 1. The highest BCUT2D eigenvalue weighted by molar-refractivity contribution is 7.90. The number of sulfone groups is 1. The Morgan fingerprint density at radius 1 is 1.47 bits per heavy atom. The predicted molar refractivity (Wildman–Crippen MR) is 76.1 cm³/mol. The Balaban J connectivity index is 3.10. The number of amides is 2. The lowest BCUT2D eigenvalue weighted by molar-refractivity contribution is 0.226. The first-order chi connectivity index (χ1) is 8.75. The molecule has 6 heteroatoms. The maximum absolute atomic E-state index is 11.9. The van der Waals surface area contributed by atoms with Crippen molar-refractivity contribution in [3.8, 4) is 0 Å². The first-order valence-electron chi connectivity index (χ1n) is 5.69. The van der Waals surface area contributed by atoms with Gasteiger partial charge in [-0.15, -0.1) is 6.58 Å². The number of rotatable bonds is 4. The summed E-state index contributed by atoms with van der Waals surface area (Å²) in [5.74, 6) is 0. The minimum atomic E-state index is -3.39. The zero-order valence-corrected chi connectivity index (χ0v) is 12.1. The summed E-state index contributed by atoms with van der Waals surface area (Å²) in [5, 5.41) is 2.60. The fourth-order valence-corrected chi connectivity index (χ4v) is 2.38. The molecule has 0 heterocycles. The lowest BCUT2D eigenvalue weighted by Crippen LogP contribution is -2.31. The number of anilines is 1. The molecule has 2 amide bonds. The van der Waals surface area contributed by atoms with Crippen molar-refractivity contribution >= 4 is 21.6 Å². The van der Waals surface area contributed by atoms with Gasteiger partial charge in [0.1, 0.15) is 0 Å². The van der Waals surface area contributed by atoms with Crippen LogP contribution in [0.2, 0.25) is 0 Å². The van der Waals surface area contributed by atoms with E-state index in [1.807, 2.05) is 6.92 Å². The molecule has 0 bridgehead atoms. The first-order valence-corrected chi connectivity index (χ1v) is 7.58. The highest BCUT2D eigenvalue weighted by atomic mass is 32.2. The van der Waals surface area contributed by atoms with E-state index >= 15 is 0 Å². The van der Waals surface area contributed by atoms with Gasteiger partial charge in [-0.3, -0.25) is 0 Å². The van der Waals surface area contributed by atoms with Gasteiger partial charge in [-0.1, -0.05) is 12.1 Å². The standard InChI is InChI=1S/C13H18N2O3S/c1-5-8-15(3)13(16)14-11-9-10(2)6-7-12(11)19(4,17)18/h5-7,9H,1,8H2,2-4H3,(H,14,16). The van der Waals surface area contributed by atoms with E-state index in [1.54, 1.807) is 25.3 Å². The third-order valence-electron chi connectivity index (χ3n) is 2.53. The highest BCUT2D eigenvalue weighted by Gasteiger charge is 2.16. The normalized spacial score (nSPS) is 10.9. The van der Waals surface area contributed by atoms with Crippen LogP contribution in [0.3, 0.4) is 0 Å². The van der Waals surface area contributed by atoms with Crippen molar-refractivity contribution in [3.05, 3.63) is 36.4 Å². The molecule has 0 aromatic heterocycles. The lowest BCUT2D eigenvalue weighted by atomic mass is 10.2. The fourth-order valence-electron chi connectivity index (χ4n) is 1.55. The van der Waals surface area contributed by atoms with Gasteiger partial charge < -0.3 is 10.2 Å². The quantitative estimate of drug-likeness (QED) is 0.859. The summed E-state index contributed by atoms with van der Waals surface area (Å²) in [6.07, 6.45) is 2.70. The summed E-state index contributed by atoms with van der Waals surface area (Å²) < 4.78 is 23.3. The summed E-state index contributed by atoms with van der Waals surface area (Å²) in [6.45, 7) is 5.75. The summed E-state index contributed by atoms with van der Waals surface area (Å²) in [6, 6.07) is 4.44. The van der Waals surface area contributed by atoms with Crippen molar-refractivity contribution in [2.45, 2.75) is 11.8 Å². The third kappa shape index (κ3) is 4.10. The Labute approximate surface area is 113 Å². The van der Waals surface area contributed by atoms with E-state index in [0.29, 0.717) is 12.2 Å². The maximum Gasteiger partial charge on any atom is 0.321 e. The number of aryl methyl sites for hydroxylation is 1. The number of hydrogen-bond acceptors (Lipinski definition) is 3. The minimum Gasteiger partial charge on any atom is -0.324 e. The van der Waals surface area contributed by atoms with Crippen LogP contribution in [0.25, 0.3) is 0 Å². The van der Waals surface area contributed by atoms with Crippen LogP contribution in [-0.4, -0.2) is 39.2 Å². The molecule has 0 atom stereocenters. The van der Waals surface area contributed by atoms with Crippen LogP contribution in [0.15, 0.2) is 35.7 Å². The van der Waals surface area contributed by atoms with Crippen LogP contribution in [0.5, 0.6) is 0 Å². The molecule has 1 aromatic carbocycles. The molecular weight excluding hydrogens is 264 g/mol. The Kier molecular flexibility index (Phi) is 4.72. The number of carbonyl (C=O) groups is 1. The molecule has 1 N–H and O–H groups in total. The molecular formula is C13H18N2O3S. The molecule has 0 aliphatic carbocycles. The first kappa shape index (κ1) is 15.2. The topological polar surface area (TPSA) is 66.5 Å². The summed E-state index contributed by atoms with van der Waals surface area (Å²) in [5.41, 5.74) is 1.16. The van der Waals surface area contributed by atoms with Gasteiger partial charge in [-0.25, -0.2) is 13.2 Å². The van der Waals surface area contributed by atoms with Gasteiger partial charge in [-0.05, 0) is 24.6 Å². The fraction of sp³-hybridized carbons (Fsp3) is 0.308. The van der Waals surface area contributed by atoms with Crippen molar-refractivity contribution in [1.29, 1.82) is 0 Å². The Morgan fingerprint density at radius 3 is 2.63 bits per heavy atom. The van der Waals surface area contributed by atoms with Crippen molar-refractivity contribution in [2.75, 3.05) is 25.2 Å². The van der Waals surface area contributed by atoms with E-state index < -0.39 is 9.84 Å². The van der Waals surface area contributed by atoms with Crippen molar-refractivity contribution in [2.24, 2.45) is 0 Å². The van der Waals surface area contributed by atoms with Crippen LogP contribution in [0.1, 0.15) is 5.56 Å². The molecule has 0 fully saturated rings. The third-order valence-corrected chi connectivity index (χ3v) is 3.68. The van der Waals surface area contributed by atoms with Crippen LogP contribution < -0.4 is 5.32 Å². The smallest absolute Gasteiger partial charge is 0.321 e. The molecule has 0 aliphatic heterocycles. The Morgan fingerprint density at radius 2 is 2.11 bits per heavy atom. The molecule has 19 heavy (non-hydrogen) atoms. The average Bonchev–Trinajstić information content (AvgIpc) is 2.27. The number of urea groups is 1. The van der Waals surface area contributed by atoms with E-state index in [9.17, 15) is 13.2 Å². The summed E-state index contributed by atoms with van der Waals surface area (Å²) >= 11 is 0. The molecule has 0 saturated carbocycles. The lowest BCUT2D eigenvalue weighted by Gasteiger charge is -2.17. The highest BCUT2D eigenvalue weighted by Crippen LogP contribution is 2.22. The Hall–Kier alpha value is -1.82. The monoisotopic (exact) mass is 282 g/mol. The summed E-state index contributed by atoms with van der Waals surface area (Å²) in [7, 11) is -1.78. The molecule has 1 aromatic rings. The van der Waals surface area contributed by atoms with E-state index in [0.717, 1.165) is 11.8 Å². The van der Waals surface area contributed by atoms with Crippen LogP contribution >= 0.6 is 0 Å². The minimum absolute atomic E-state index is 0.110. The maximum atomic E-state index is 11.9. The zero-order valence-electron chi connectivity index (χ0n) is 11.3. The van der Waals surface area contributed by atoms with Crippen LogP contribution in [-0.2, 0) is 9.84 Å². The SMILES string of the molecule is C=CCN(C)C(=O)Nc1cc(C)ccc1S(C)(=O)=O. The second-order valence-electron chi connectivity index (χ2n) is 4.37. The van der Waals surface area contributed by atoms with Crippen LogP contribution in [0, 0.1) is 6.92 Å². The van der Waals surface area contributed by atoms with Gasteiger partial charge in [0.05, 0.1) is 10.6 Å². The van der Waals surface area contributed by atoms with Crippen molar-refractivity contribution in [3.63, 3.8) is 0 Å². The molecule has 5 nitrogen and oxygen atoms in total. The molecule has 0 radical (unpaired) electrons. The second kappa shape index (κ2) is 5.88. The molecule has 104 valence electrons. The van der Waals surface area contributed by atoms with Crippen molar-refractivity contribution in [1.82, 2.24) is 4.90 Å². The van der Waals surface area contributed by atoms with Gasteiger partial charge in [0, 0.05) is 19.8 Å². The van der Waals surface area contributed by atoms with Crippen LogP contribution in [0.4, 0.5) is 10.5 Å². The number of nitrogens with one attached hydrogen (secondary N) is 1. The van der Waals surface area contributed by atoms with Gasteiger partial charge in [0.25, 0.3) is 0 Å². The average molecular weight is 282 g/mol. The Bertz CT molecular complexity index is 594. The number of hydrogen-bond donors (Lipinski definition) is 1. The molecule has 0 unspecified atom stereocenters. The molecule has 0 saturated heterocycles. The zero-order chi connectivity index (χ0) is 14.6. The van der Waals surface area contributed by atoms with Crippen molar-refractivity contribution < 1.29 is 13.2 Å². The number of likely N-dealkylation sites (N-methyl/N-ethyl adjacent to an activating group) is 1. The molecule has 0 spiro atoms. The number of benzene rings is 1. The largest absolute Gasteiger partial charge is 0.324 e. The molecule has 1 rings (SSSR count). The van der Waals surface area contributed by atoms with Gasteiger partial charge in [0.2, 0.25) is 0 Å². The van der Waals surface area contributed by atoms with E-state index in [-0.39, 0.29) is 10.9 Å².